The molecule has 7 nitrogen and oxygen atoms in total. The van der Waals surface area contributed by atoms with E-state index in [4.69, 9.17) is 21.1 Å². The molecule has 1 amide bonds. The maximum absolute atomic E-state index is 13.2. The smallest absolute Gasteiger partial charge is 0.352 e. The largest absolute Gasteiger partial charge is 0.495 e. The van der Waals surface area contributed by atoms with Gasteiger partial charge in [0.25, 0.3) is 0 Å². The first-order valence-corrected chi connectivity index (χ1v) is 9.73. The summed E-state index contributed by atoms with van der Waals surface area (Å²) in [5.41, 5.74) is 1.85. The first-order valence-electron chi connectivity index (χ1n) is 9.35. The molecule has 2 aromatic carbocycles. The summed E-state index contributed by atoms with van der Waals surface area (Å²) in [4.78, 5) is 26.6. The van der Waals surface area contributed by atoms with E-state index in [9.17, 15) is 14.7 Å². The second-order valence-electron chi connectivity index (χ2n) is 6.68. The van der Waals surface area contributed by atoms with Crippen molar-refractivity contribution in [2.24, 2.45) is 0 Å². The number of carbonyl (C=O) groups excluding carboxylic acids is 1. The van der Waals surface area contributed by atoms with Crippen molar-refractivity contribution in [2.75, 3.05) is 26.2 Å². The number of halogens is 1. The van der Waals surface area contributed by atoms with E-state index in [0.717, 1.165) is 10.9 Å². The topological polar surface area (TPSA) is 81.0 Å². The summed E-state index contributed by atoms with van der Waals surface area (Å²) in [7, 11) is 4.58. The molecule has 1 heterocycles. The number of carbonyl (C=O) groups is 2. The number of anilines is 1. The van der Waals surface area contributed by atoms with Gasteiger partial charge in [-0.1, -0.05) is 29.8 Å². The van der Waals surface area contributed by atoms with Crippen LogP contribution in [-0.2, 0) is 17.8 Å². The number of likely N-dealkylation sites (N-methyl/N-ethyl adjacent to an activating group) is 1. The molecule has 3 aromatic rings. The van der Waals surface area contributed by atoms with Crippen LogP contribution in [0.5, 0.6) is 11.5 Å². The van der Waals surface area contributed by atoms with E-state index in [-0.39, 0.29) is 18.0 Å². The molecule has 0 aliphatic carbocycles. The van der Waals surface area contributed by atoms with E-state index in [2.05, 4.69) is 0 Å². The highest BCUT2D eigenvalue weighted by molar-refractivity contribution is 6.32. The molecular weight excluding hydrogens is 408 g/mol. The number of aromatic carboxylic acids is 1. The molecule has 30 heavy (non-hydrogen) atoms. The van der Waals surface area contributed by atoms with Crippen LogP contribution in [0, 0.1) is 0 Å². The predicted octanol–water partition coefficient (Wildman–Crippen LogP) is 4.24. The summed E-state index contributed by atoms with van der Waals surface area (Å²) < 4.78 is 12.3. The lowest BCUT2D eigenvalue weighted by molar-refractivity contribution is -0.117. The third-order valence-electron chi connectivity index (χ3n) is 5.11. The normalized spacial score (nSPS) is 10.8. The monoisotopic (exact) mass is 430 g/mol. The highest BCUT2D eigenvalue weighted by Crippen LogP contribution is 2.38. The second-order valence-corrected chi connectivity index (χ2v) is 7.09. The van der Waals surface area contributed by atoms with Gasteiger partial charge in [0.15, 0.2) is 0 Å². The molecule has 3 rings (SSSR count). The summed E-state index contributed by atoms with van der Waals surface area (Å²) >= 11 is 6.23. The first kappa shape index (κ1) is 21.5. The molecule has 0 aliphatic heterocycles. The fourth-order valence-corrected chi connectivity index (χ4v) is 3.87. The fraction of sp³-hybridized carbons (Fsp3) is 0.273. The number of amides is 1. The number of para-hydroxylation sites is 1. The number of benzene rings is 2. The Morgan fingerprint density at radius 2 is 1.80 bits per heavy atom. The second kappa shape index (κ2) is 8.67. The summed E-state index contributed by atoms with van der Waals surface area (Å²) in [5.74, 6) is -0.515. The minimum atomic E-state index is -1.07. The lowest BCUT2D eigenvalue weighted by Crippen LogP contribution is -2.29. The molecule has 0 atom stereocenters. The van der Waals surface area contributed by atoms with Crippen molar-refractivity contribution in [3.05, 3.63) is 52.7 Å². The van der Waals surface area contributed by atoms with Crippen LogP contribution in [0.3, 0.4) is 0 Å². The number of nitrogens with zero attached hydrogens (tertiary/aromatic N) is 2. The van der Waals surface area contributed by atoms with Crippen LogP contribution in [0.4, 0.5) is 5.69 Å². The highest BCUT2D eigenvalue weighted by Gasteiger charge is 2.26. The highest BCUT2D eigenvalue weighted by atomic mass is 35.5. The van der Waals surface area contributed by atoms with E-state index in [1.54, 1.807) is 23.7 Å². The van der Waals surface area contributed by atoms with Gasteiger partial charge in [-0.15, -0.1) is 0 Å². The van der Waals surface area contributed by atoms with Gasteiger partial charge in [-0.2, -0.15) is 0 Å². The Kier molecular flexibility index (Phi) is 6.22. The molecule has 158 valence electrons. The molecule has 0 bridgehead atoms. The maximum Gasteiger partial charge on any atom is 0.352 e. The molecule has 1 aromatic heterocycles. The standard InChI is InChI=1S/C22H23ClN2O5/c1-5-25-16-9-7-6-8-13(16)14(21(25)22(27)28)10-20(26)24(2)17-11-15(23)18(29-3)12-19(17)30-4/h6-9,11-12H,5,10H2,1-4H3,(H,27,28). The molecule has 0 saturated carbocycles. The summed E-state index contributed by atoms with van der Waals surface area (Å²) in [6.07, 6.45) is -0.0849. The van der Waals surface area contributed by atoms with Crippen LogP contribution in [0.15, 0.2) is 36.4 Å². The molecule has 8 heteroatoms. The van der Waals surface area contributed by atoms with E-state index < -0.39 is 5.97 Å². The van der Waals surface area contributed by atoms with E-state index >= 15 is 0 Å². The average Bonchev–Trinajstić information content (AvgIpc) is 3.06. The molecule has 0 spiro atoms. The summed E-state index contributed by atoms with van der Waals surface area (Å²) in [5, 5.41) is 10.9. The number of carboxylic acid groups (broad SMARTS) is 1. The first-order chi connectivity index (χ1) is 14.3. The van der Waals surface area contributed by atoms with Crippen molar-refractivity contribution < 1.29 is 24.2 Å². The Morgan fingerprint density at radius 1 is 1.13 bits per heavy atom. The number of aryl methyl sites for hydroxylation is 1. The SMILES string of the molecule is CCn1c(C(=O)O)c(CC(=O)N(C)c2cc(Cl)c(OC)cc2OC)c2ccccc21. The van der Waals surface area contributed by atoms with Gasteiger partial charge in [0, 0.05) is 36.1 Å². The van der Waals surface area contributed by atoms with Crippen molar-refractivity contribution in [1.29, 1.82) is 0 Å². The number of methoxy groups -OCH3 is 2. The zero-order valence-electron chi connectivity index (χ0n) is 17.2. The van der Waals surface area contributed by atoms with E-state index in [1.807, 2.05) is 31.2 Å². The van der Waals surface area contributed by atoms with Crippen LogP contribution in [-0.4, -0.2) is 42.8 Å². The molecule has 0 saturated heterocycles. The van der Waals surface area contributed by atoms with Crippen molar-refractivity contribution in [3.8, 4) is 11.5 Å². The van der Waals surface area contributed by atoms with Crippen molar-refractivity contribution in [1.82, 2.24) is 4.57 Å². The molecule has 0 fully saturated rings. The minimum absolute atomic E-state index is 0.0849. The zero-order chi connectivity index (χ0) is 22.0. The van der Waals surface area contributed by atoms with Gasteiger partial charge >= 0.3 is 5.97 Å². The van der Waals surface area contributed by atoms with Gasteiger partial charge in [-0.05, 0) is 19.1 Å². The zero-order valence-corrected chi connectivity index (χ0v) is 18.0. The van der Waals surface area contributed by atoms with Crippen LogP contribution >= 0.6 is 11.6 Å². The number of carboxylic acids is 1. The van der Waals surface area contributed by atoms with Gasteiger partial charge in [-0.25, -0.2) is 4.79 Å². The maximum atomic E-state index is 13.2. The lowest BCUT2D eigenvalue weighted by Gasteiger charge is -2.21. The Bertz CT molecular complexity index is 1120. The van der Waals surface area contributed by atoms with Gasteiger partial charge < -0.3 is 24.0 Å². The van der Waals surface area contributed by atoms with Crippen molar-refractivity contribution in [2.45, 2.75) is 19.9 Å². The Morgan fingerprint density at radius 3 is 2.40 bits per heavy atom. The summed E-state index contributed by atoms with van der Waals surface area (Å²) in [6.45, 7) is 2.36. The van der Waals surface area contributed by atoms with Gasteiger partial charge in [0.2, 0.25) is 5.91 Å². The van der Waals surface area contributed by atoms with Gasteiger partial charge in [-0.3, -0.25) is 4.79 Å². The predicted molar refractivity (Wildman–Crippen MR) is 116 cm³/mol. The van der Waals surface area contributed by atoms with Crippen LogP contribution in [0.1, 0.15) is 23.0 Å². The Balaban J connectivity index is 2.05. The quantitative estimate of drug-likeness (QED) is 0.606. The van der Waals surface area contributed by atoms with Crippen LogP contribution in [0.2, 0.25) is 5.02 Å². The lowest BCUT2D eigenvalue weighted by atomic mass is 10.1. The Hall–Kier alpha value is -3.19. The van der Waals surface area contributed by atoms with Gasteiger partial charge in [0.1, 0.15) is 17.2 Å². The Labute approximate surface area is 179 Å². The number of hydrogen-bond acceptors (Lipinski definition) is 4. The van der Waals surface area contributed by atoms with E-state index in [0.29, 0.717) is 34.3 Å². The molecule has 0 radical (unpaired) electrons. The number of hydrogen-bond donors (Lipinski definition) is 1. The van der Waals surface area contributed by atoms with Crippen LogP contribution in [0.25, 0.3) is 10.9 Å². The minimum Gasteiger partial charge on any atom is -0.495 e. The molecule has 0 aliphatic rings. The van der Waals surface area contributed by atoms with Gasteiger partial charge in [0.05, 0.1) is 31.4 Å². The number of aromatic nitrogens is 1. The fourth-order valence-electron chi connectivity index (χ4n) is 3.64. The third-order valence-corrected chi connectivity index (χ3v) is 5.41. The molecule has 1 N–H and O–H groups in total. The molecular formula is C22H23ClN2O5. The van der Waals surface area contributed by atoms with Crippen molar-refractivity contribution >= 4 is 40.1 Å². The molecule has 0 unspecified atom stereocenters. The number of fused-ring (bicyclic) bond motifs is 1. The number of ether oxygens (including phenoxy) is 2. The van der Waals surface area contributed by atoms with E-state index in [1.165, 1.54) is 19.1 Å². The number of rotatable bonds is 7. The van der Waals surface area contributed by atoms with Crippen LogP contribution < -0.4 is 14.4 Å². The average molecular weight is 431 g/mol. The summed E-state index contributed by atoms with van der Waals surface area (Å²) in [6, 6.07) is 10.6. The third kappa shape index (κ3) is 3.68. The van der Waals surface area contributed by atoms with Crippen molar-refractivity contribution in [3.63, 3.8) is 0 Å².